The maximum atomic E-state index is 4.80. The van der Waals surface area contributed by atoms with Gasteiger partial charge in [0.05, 0.1) is 5.69 Å². The fraction of sp³-hybridized carbons (Fsp3) is 0.500. The Hall–Kier alpha value is -1.98. The minimum atomic E-state index is 0.645. The lowest BCUT2D eigenvalue weighted by Gasteiger charge is -2.36. The number of hydrogen-bond acceptors (Lipinski definition) is 5. The number of fused-ring (bicyclic) bond motifs is 1. The summed E-state index contributed by atoms with van der Waals surface area (Å²) in [5.41, 5.74) is 5.99. The Bertz CT molecular complexity index is 752. The first-order valence-electron chi connectivity index (χ1n) is 9.23. The molecule has 1 aromatic carbocycles. The summed E-state index contributed by atoms with van der Waals surface area (Å²) in [5.74, 6) is 1.38. The molecule has 0 saturated carbocycles. The molecule has 1 aromatic heterocycles. The van der Waals surface area contributed by atoms with Crippen molar-refractivity contribution in [2.75, 3.05) is 18.4 Å². The van der Waals surface area contributed by atoms with Crippen LogP contribution < -0.4 is 10.6 Å². The Morgan fingerprint density at radius 1 is 1.16 bits per heavy atom. The van der Waals surface area contributed by atoms with Gasteiger partial charge in [-0.3, -0.25) is 4.90 Å². The van der Waals surface area contributed by atoms with Crippen LogP contribution in [0.15, 0.2) is 24.4 Å². The number of anilines is 2. The van der Waals surface area contributed by atoms with Crippen LogP contribution in [0.4, 0.5) is 11.6 Å². The monoisotopic (exact) mass is 337 g/mol. The summed E-state index contributed by atoms with van der Waals surface area (Å²) in [5, 5.41) is 6.86. The SMILES string of the molecule is Cc1cc(C)cc(Nc2ncc3c(n2)CN([C@@H]2CCNC[C@@H]2C)C3)c1. The van der Waals surface area contributed by atoms with Gasteiger partial charge in [0.1, 0.15) is 0 Å². The second-order valence-electron chi connectivity index (χ2n) is 7.61. The molecule has 25 heavy (non-hydrogen) atoms. The number of piperidine rings is 1. The van der Waals surface area contributed by atoms with E-state index in [0.29, 0.717) is 17.9 Å². The molecule has 5 nitrogen and oxygen atoms in total. The van der Waals surface area contributed by atoms with Crippen LogP contribution in [-0.4, -0.2) is 34.0 Å². The highest BCUT2D eigenvalue weighted by Gasteiger charge is 2.32. The summed E-state index contributed by atoms with van der Waals surface area (Å²) in [7, 11) is 0. The fourth-order valence-corrected chi connectivity index (χ4v) is 4.19. The molecular formula is C20H27N5. The average Bonchev–Trinajstić information content (AvgIpc) is 2.97. The average molecular weight is 337 g/mol. The first kappa shape index (κ1) is 16.5. The normalized spacial score (nSPS) is 23.5. The highest BCUT2D eigenvalue weighted by Crippen LogP contribution is 2.29. The largest absolute Gasteiger partial charge is 0.324 e. The van der Waals surface area contributed by atoms with Crippen molar-refractivity contribution in [3.05, 3.63) is 46.8 Å². The number of aromatic nitrogens is 2. The fourth-order valence-electron chi connectivity index (χ4n) is 4.19. The van der Waals surface area contributed by atoms with Crippen molar-refractivity contribution in [3.8, 4) is 0 Å². The Labute approximate surface area is 149 Å². The highest BCUT2D eigenvalue weighted by atomic mass is 15.2. The Morgan fingerprint density at radius 2 is 1.96 bits per heavy atom. The molecule has 0 radical (unpaired) electrons. The number of nitrogens with zero attached hydrogens (tertiary/aromatic N) is 3. The predicted octanol–water partition coefficient (Wildman–Crippen LogP) is 3.15. The number of aryl methyl sites for hydroxylation is 2. The van der Waals surface area contributed by atoms with E-state index >= 15 is 0 Å². The van der Waals surface area contributed by atoms with Gasteiger partial charge in [-0.05, 0) is 62.5 Å². The Balaban J connectivity index is 1.50. The van der Waals surface area contributed by atoms with Crippen LogP contribution in [0, 0.1) is 19.8 Å². The summed E-state index contributed by atoms with van der Waals surface area (Å²) in [4.78, 5) is 11.9. The van der Waals surface area contributed by atoms with Crippen molar-refractivity contribution in [3.63, 3.8) is 0 Å². The van der Waals surface area contributed by atoms with Crippen LogP contribution in [0.2, 0.25) is 0 Å². The molecule has 0 spiro atoms. The molecule has 5 heteroatoms. The molecule has 2 aliphatic rings. The van der Waals surface area contributed by atoms with E-state index in [0.717, 1.165) is 31.9 Å². The van der Waals surface area contributed by atoms with Gasteiger partial charge >= 0.3 is 0 Å². The van der Waals surface area contributed by atoms with Crippen molar-refractivity contribution >= 4 is 11.6 Å². The minimum absolute atomic E-state index is 0.645. The summed E-state index contributed by atoms with van der Waals surface area (Å²) >= 11 is 0. The third-order valence-corrected chi connectivity index (χ3v) is 5.37. The van der Waals surface area contributed by atoms with Gasteiger partial charge in [-0.15, -0.1) is 0 Å². The second kappa shape index (κ2) is 6.73. The lowest BCUT2D eigenvalue weighted by molar-refractivity contribution is 0.118. The third-order valence-electron chi connectivity index (χ3n) is 5.37. The van der Waals surface area contributed by atoms with Crippen molar-refractivity contribution in [2.45, 2.75) is 46.3 Å². The lowest BCUT2D eigenvalue weighted by atomic mass is 9.94. The zero-order chi connectivity index (χ0) is 17.4. The zero-order valence-electron chi connectivity index (χ0n) is 15.3. The molecule has 0 bridgehead atoms. The van der Waals surface area contributed by atoms with E-state index in [1.54, 1.807) is 0 Å². The third kappa shape index (κ3) is 3.53. The molecule has 0 amide bonds. The van der Waals surface area contributed by atoms with Gasteiger partial charge in [-0.1, -0.05) is 13.0 Å². The summed E-state index contributed by atoms with van der Waals surface area (Å²) < 4.78 is 0. The second-order valence-corrected chi connectivity index (χ2v) is 7.61. The molecule has 2 N–H and O–H groups in total. The molecule has 3 heterocycles. The van der Waals surface area contributed by atoms with Crippen molar-refractivity contribution in [1.29, 1.82) is 0 Å². The number of hydrogen-bond donors (Lipinski definition) is 2. The van der Waals surface area contributed by atoms with E-state index in [2.05, 4.69) is 59.5 Å². The van der Waals surface area contributed by atoms with Crippen LogP contribution >= 0.6 is 0 Å². The molecule has 1 saturated heterocycles. The van der Waals surface area contributed by atoms with Crippen LogP contribution in [0.3, 0.4) is 0 Å². The predicted molar refractivity (Wildman–Crippen MR) is 101 cm³/mol. The van der Waals surface area contributed by atoms with E-state index in [4.69, 9.17) is 4.98 Å². The van der Waals surface area contributed by atoms with Crippen LogP contribution in [0.25, 0.3) is 0 Å². The van der Waals surface area contributed by atoms with E-state index in [9.17, 15) is 0 Å². The first-order chi connectivity index (χ1) is 12.1. The molecule has 0 aliphatic carbocycles. The molecule has 1 fully saturated rings. The van der Waals surface area contributed by atoms with Crippen molar-refractivity contribution in [2.24, 2.45) is 5.92 Å². The first-order valence-corrected chi connectivity index (χ1v) is 9.23. The molecule has 4 rings (SSSR count). The van der Waals surface area contributed by atoms with Gasteiger partial charge in [0.15, 0.2) is 0 Å². The van der Waals surface area contributed by atoms with Crippen LogP contribution in [0.1, 0.15) is 35.7 Å². The molecule has 0 unspecified atom stereocenters. The maximum Gasteiger partial charge on any atom is 0.227 e. The van der Waals surface area contributed by atoms with E-state index < -0.39 is 0 Å². The van der Waals surface area contributed by atoms with Gasteiger partial charge in [0.2, 0.25) is 5.95 Å². The van der Waals surface area contributed by atoms with E-state index in [1.807, 2.05) is 6.20 Å². The number of benzene rings is 1. The van der Waals surface area contributed by atoms with Crippen LogP contribution in [-0.2, 0) is 13.1 Å². The highest BCUT2D eigenvalue weighted by molar-refractivity contribution is 5.56. The molecule has 132 valence electrons. The van der Waals surface area contributed by atoms with Crippen LogP contribution in [0.5, 0.6) is 0 Å². The summed E-state index contributed by atoms with van der Waals surface area (Å²) in [6, 6.07) is 7.08. The smallest absolute Gasteiger partial charge is 0.227 e. The molecule has 2 aliphatic heterocycles. The maximum absolute atomic E-state index is 4.80. The van der Waals surface area contributed by atoms with Gasteiger partial charge in [-0.2, -0.15) is 0 Å². The number of nitrogens with one attached hydrogen (secondary N) is 2. The van der Waals surface area contributed by atoms with Gasteiger partial charge < -0.3 is 10.6 Å². The summed E-state index contributed by atoms with van der Waals surface area (Å²) in [6.07, 6.45) is 3.22. The lowest BCUT2D eigenvalue weighted by Crippen LogP contribution is -2.46. The molecular weight excluding hydrogens is 310 g/mol. The number of rotatable bonds is 3. The van der Waals surface area contributed by atoms with E-state index in [1.165, 1.54) is 28.8 Å². The van der Waals surface area contributed by atoms with Crippen molar-refractivity contribution < 1.29 is 0 Å². The van der Waals surface area contributed by atoms with Gasteiger partial charge in [-0.25, -0.2) is 9.97 Å². The van der Waals surface area contributed by atoms with Gasteiger partial charge in [0.25, 0.3) is 0 Å². The Morgan fingerprint density at radius 3 is 2.72 bits per heavy atom. The van der Waals surface area contributed by atoms with E-state index in [-0.39, 0.29) is 0 Å². The molecule has 2 aromatic rings. The quantitative estimate of drug-likeness (QED) is 0.901. The minimum Gasteiger partial charge on any atom is -0.324 e. The molecule has 2 atom stereocenters. The zero-order valence-corrected chi connectivity index (χ0v) is 15.3. The summed E-state index contributed by atoms with van der Waals surface area (Å²) in [6.45, 7) is 10.7. The van der Waals surface area contributed by atoms with Crippen molar-refractivity contribution in [1.82, 2.24) is 20.2 Å². The topological polar surface area (TPSA) is 53.1 Å². The van der Waals surface area contributed by atoms with Gasteiger partial charge in [0, 0.05) is 36.6 Å². The Kier molecular flexibility index (Phi) is 4.44. The standard InChI is InChI=1S/C20H27N5/c1-13-6-14(2)8-17(7-13)23-20-22-10-16-11-25(12-18(16)24-20)19-4-5-21-9-15(19)3/h6-8,10,15,19,21H,4-5,9,11-12H2,1-3H3,(H,22,23,24)/t15-,19+/m0/s1.